The minimum atomic E-state index is -0.128. The molecule has 78 valence electrons. The Kier molecular flexibility index (Phi) is 3.32. The molecule has 2 rings (SSSR count). The number of rotatable bonds is 0. The number of ether oxygens (including phenoxy) is 1. The van der Waals surface area contributed by atoms with Gasteiger partial charge in [0, 0.05) is 0 Å². The van der Waals surface area contributed by atoms with Crippen LogP contribution in [0.4, 0.5) is 5.69 Å². The van der Waals surface area contributed by atoms with Gasteiger partial charge in [-0.2, -0.15) is 0 Å². The van der Waals surface area contributed by atoms with Crippen molar-refractivity contribution in [3.63, 3.8) is 0 Å². The Bertz CT molecular complexity index is 341. The highest BCUT2D eigenvalue weighted by atomic mass is 79.9. The van der Waals surface area contributed by atoms with Gasteiger partial charge in [-0.05, 0) is 41.9 Å². The van der Waals surface area contributed by atoms with Gasteiger partial charge in [0.05, 0.1) is 16.7 Å². The van der Waals surface area contributed by atoms with Gasteiger partial charge in [-0.25, -0.2) is 0 Å². The van der Waals surface area contributed by atoms with Crippen LogP contribution in [0, 0.1) is 0 Å². The number of anilines is 1. The fourth-order valence-electron chi connectivity index (χ4n) is 1.37. The average Bonchev–Trinajstić information content (AvgIpc) is 2.06. The van der Waals surface area contributed by atoms with Crippen molar-refractivity contribution in [3.05, 3.63) is 22.7 Å². The highest BCUT2D eigenvalue weighted by Gasteiger charge is 2.27. The van der Waals surface area contributed by atoms with Crippen LogP contribution in [0.3, 0.4) is 0 Å². The first-order valence-electron chi connectivity index (χ1n) is 4.30. The van der Waals surface area contributed by atoms with Crippen molar-refractivity contribution in [1.29, 1.82) is 0 Å². The van der Waals surface area contributed by atoms with Gasteiger partial charge >= 0.3 is 0 Å². The van der Waals surface area contributed by atoms with Crippen molar-refractivity contribution >= 4 is 34.0 Å². The molecule has 0 aromatic heterocycles. The van der Waals surface area contributed by atoms with Crippen molar-refractivity contribution in [1.82, 2.24) is 0 Å². The Balaban J connectivity index is 0.000000980. The topological polar surface area (TPSA) is 21.3 Å². The van der Waals surface area contributed by atoms with Gasteiger partial charge in [-0.3, -0.25) is 0 Å². The second-order valence-corrected chi connectivity index (χ2v) is 4.69. The molecule has 0 spiro atoms. The van der Waals surface area contributed by atoms with Crippen molar-refractivity contribution in [3.8, 4) is 5.75 Å². The lowest BCUT2D eigenvalue weighted by Crippen LogP contribution is -2.40. The van der Waals surface area contributed by atoms with Crippen LogP contribution in [0.2, 0.25) is 0 Å². The molecule has 0 aliphatic carbocycles. The number of hydrogen-bond acceptors (Lipinski definition) is 2. The highest BCUT2D eigenvalue weighted by molar-refractivity contribution is 9.10. The first-order valence-corrected chi connectivity index (χ1v) is 5.09. The Hall–Kier alpha value is -0.410. The summed E-state index contributed by atoms with van der Waals surface area (Å²) in [4.78, 5) is 0. The van der Waals surface area contributed by atoms with E-state index in [0.29, 0.717) is 0 Å². The number of hydrogen-bond donors (Lipinski definition) is 1. The number of halogens is 2. The van der Waals surface area contributed by atoms with E-state index in [1.807, 2.05) is 18.2 Å². The molecular formula is C10H13BrClNO. The predicted octanol–water partition coefficient (Wildman–Crippen LogP) is 3.45. The minimum absolute atomic E-state index is 0. The summed E-state index contributed by atoms with van der Waals surface area (Å²) in [6.45, 7) is 4.99. The molecular weight excluding hydrogens is 265 g/mol. The Labute approximate surface area is 98.6 Å². The van der Waals surface area contributed by atoms with Crippen molar-refractivity contribution in [2.24, 2.45) is 0 Å². The van der Waals surface area contributed by atoms with Crippen LogP contribution in [-0.2, 0) is 0 Å². The van der Waals surface area contributed by atoms with Crippen LogP contribution in [0.25, 0.3) is 0 Å². The molecule has 0 unspecified atom stereocenters. The summed E-state index contributed by atoms with van der Waals surface area (Å²) in [5, 5.41) is 3.34. The molecule has 4 heteroatoms. The second kappa shape index (κ2) is 3.99. The first-order chi connectivity index (χ1) is 6.08. The Morgan fingerprint density at radius 2 is 2.14 bits per heavy atom. The molecule has 14 heavy (non-hydrogen) atoms. The molecule has 0 atom stereocenters. The third kappa shape index (κ3) is 2.15. The molecule has 0 fully saturated rings. The van der Waals surface area contributed by atoms with Crippen LogP contribution < -0.4 is 10.1 Å². The molecule has 1 aliphatic rings. The molecule has 1 N–H and O–H groups in total. The molecule has 0 amide bonds. The third-order valence-electron chi connectivity index (χ3n) is 2.05. The van der Waals surface area contributed by atoms with Gasteiger partial charge < -0.3 is 10.1 Å². The lowest BCUT2D eigenvalue weighted by molar-refractivity contribution is 0.115. The number of nitrogens with one attached hydrogen (secondary N) is 1. The van der Waals surface area contributed by atoms with Crippen molar-refractivity contribution in [2.75, 3.05) is 11.9 Å². The first kappa shape index (κ1) is 11.7. The van der Waals surface area contributed by atoms with E-state index >= 15 is 0 Å². The summed E-state index contributed by atoms with van der Waals surface area (Å²) in [5.41, 5.74) is 0.936. The second-order valence-electron chi connectivity index (χ2n) is 3.83. The maximum absolute atomic E-state index is 5.84. The molecule has 0 saturated heterocycles. The highest BCUT2D eigenvalue weighted by Crippen LogP contribution is 2.38. The van der Waals surface area contributed by atoms with Crippen molar-refractivity contribution in [2.45, 2.75) is 19.4 Å². The molecule has 0 bridgehead atoms. The fraction of sp³-hybridized carbons (Fsp3) is 0.400. The zero-order chi connectivity index (χ0) is 9.47. The monoisotopic (exact) mass is 277 g/mol. The lowest BCUT2D eigenvalue weighted by Gasteiger charge is -2.33. The minimum Gasteiger partial charge on any atom is -0.483 e. The summed E-state index contributed by atoms with van der Waals surface area (Å²) >= 11 is 3.47. The summed E-state index contributed by atoms with van der Waals surface area (Å²) < 4.78 is 6.85. The average molecular weight is 279 g/mol. The van der Waals surface area contributed by atoms with Gasteiger partial charge in [0.25, 0.3) is 0 Å². The standard InChI is InChI=1S/C10H12BrNO.ClH/c1-10(2)6-12-8-5-3-4-7(11)9(8)13-10;/h3-5,12H,6H2,1-2H3;1H. The Morgan fingerprint density at radius 1 is 1.43 bits per heavy atom. The summed E-state index contributed by atoms with van der Waals surface area (Å²) in [6.07, 6.45) is 0. The zero-order valence-electron chi connectivity index (χ0n) is 8.13. The van der Waals surface area contributed by atoms with E-state index < -0.39 is 0 Å². The molecule has 0 radical (unpaired) electrons. The smallest absolute Gasteiger partial charge is 0.157 e. The summed E-state index contributed by atoms with van der Waals surface area (Å²) in [7, 11) is 0. The Morgan fingerprint density at radius 3 is 2.86 bits per heavy atom. The molecule has 0 saturated carbocycles. The summed E-state index contributed by atoms with van der Waals surface area (Å²) in [5.74, 6) is 0.916. The van der Waals surface area contributed by atoms with E-state index in [-0.39, 0.29) is 18.0 Å². The van der Waals surface area contributed by atoms with Gasteiger partial charge in [-0.1, -0.05) is 6.07 Å². The van der Waals surface area contributed by atoms with E-state index in [4.69, 9.17) is 4.74 Å². The van der Waals surface area contributed by atoms with E-state index in [1.54, 1.807) is 0 Å². The van der Waals surface area contributed by atoms with Gasteiger partial charge in [0.2, 0.25) is 0 Å². The quantitative estimate of drug-likeness (QED) is 0.785. The molecule has 2 nitrogen and oxygen atoms in total. The SMILES string of the molecule is CC1(C)CNc2cccc(Br)c2O1.Cl. The lowest BCUT2D eigenvalue weighted by atomic mass is 10.1. The maximum atomic E-state index is 5.84. The van der Waals surface area contributed by atoms with Crippen LogP contribution in [-0.4, -0.2) is 12.1 Å². The molecule has 1 heterocycles. The fourth-order valence-corrected chi connectivity index (χ4v) is 1.82. The summed E-state index contributed by atoms with van der Waals surface area (Å²) in [6, 6.07) is 6.01. The van der Waals surface area contributed by atoms with E-state index in [0.717, 1.165) is 22.5 Å². The number of fused-ring (bicyclic) bond motifs is 1. The number of benzene rings is 1. The maximum Gasteiger partial charge on any atom is 0.157 e. The van der Waals surface area contributed by atoms with E-state index in [9.17, 15) is 0 Å². The van der Waals surface area contributed by atoms with Crippen LogP contribution in [0.1, 0.15) is 13.8 Å². The van der Waals surface area contributed by atoms with Crippen molar-refractivity contribution < 1.29 is 4.74 Å². The van der Waals surface area contributed by atoms with Gasteiger partial charge in [0.1, 0.15) is 5.60 Å². The number of para-hydroxylation sites is 1. The predicted molar refractivity (Wildman–Crippen MR) is 64.6 cm³/mol. The van der Waals surface area contributed by atoms with Gasteiger partial charge in [0.15, 0.2) is 5.75 Å². The van der Waals surface area contributed by atoms with Crippen LogP contribution in [0.15, 0.2) is 22.7 Å². The normalized spacial score (nSPS) is 17.1. The zero-order valence-corrected chi connectivity index (χ0v) is 10.5. The molecule has 1 aromatic rings. The van der Waals surface area contributed by atoms with E-state index in [1.165, 1.54) is 0 Å². The van der Waals surface area contributed by atoms with Crippen LogP contribution in [0.5, 0.6) is 5.75 Å². The van der Waals surface area contributed by atoms with Gasteiger partial charge in [-0.15, -0.1) is 12.4 Å². The van der Waals surface area contributed by atoms with Crippen LogP contribution >= 0.6 is 28.3 Å². The van der Waals surface area contributed by atoms with E-state index in [2.05, 4.69) is 35.1 Å². The largest absolute Gasteiger partial charge is 0.483 e. The third-order valence-corrected chi connectivity index (χ3v) is 2.67. The molecule has 1 aromatic carbocycles. The molecule has 1 aliphatic heterocycles.